The highest BCUT2D eigenvalue weighted by molar-refractivity contribution is 4.91. The average molecular weight is 173 g/mol. The maximum atomic E-state index is 5.16. The van der Waals surface area contributed by atoms with E-state index in [1.807, 2.05) is 13.8 Å². The third-order valence-electron chi connectivity index (χ3n) is 2.43. The molecule has 0 aromatic heterocycles. The van der Waals surface area contributed by atoms with Crippen LogP contribution >= 0.6 is 0 Å². The minimum atomic E-state index is 0.314. The molecule has 1 N–H and O–H groups in total. The van der Waals surface area contributed by atoms with Crippen LogP contribution in [0.5, 0.6) is 0 Å². The van der Waals surface area contributed by atoms with Gasteiger partial charge in [-0.25, -0.2) is 0 Å². The normalized spacial score (nSPS) is 28.0. The molecule has 1 aliphatic rings. The minimum absolute atomic E-state index is 0.314. The second-order valence-corrected chi connectivity index (χ2v) is 3.10. The molecule has 74 valence electrons. The number of ether oxygens (including phenoxy) is 1. The molecule has 1 aliphatic heterocycles. The van der Waals surface area contributed by atoms with Crippen molar-refractivity contribution in [3.05, 3.63) is 0 Å². The molecule has 0 spiro atoms. The topological polar surface area (TPSA) is 21.3 Å². The summed E-state index contributed by atoms with van der Waals surface area (Å²) < 4.78 is 5.16. The van der Waals surface area contributed by atoms with Gasteiger partial charge in [0, 0.05) is 12.6 Å². The van der Waals surface area contributed by atoms with E-state index >= 15 is 0 Å². The largest absolute Gasteiger partial charge is 0.383 e. The Morgan fingerprint density at radius 1 is 1.42 bits per heavy atom. The quantitative estimate of drug-likeness (QED) is 0.706. The second kappa shape index (κ2) is 6.44. The molecule has 1 fully saturated rings. The number of methoxy groups -OCH3 is 1. The molecule has 1 heterocycles. The molecule has 1 saturated heterocycles. The molecular weight excluding hydrogens is 150 g/mol. The first-order valence-corrected chi connectivity index (χ1v) is 5.07. The molecule has 2 heteroatoms. The summed E-state index contributed by atoms with van der Waals surface area (Å²) in [6.07, 6.45) is 3.76. The number of hydrogen-bond donors (Lipinski definition) is 1. The zero-order valence-electron chi connectivity index (χ0n) is 8.94. The first-order chi connectivity index (χ1) is 5.83. The van der Waals surface area contributed by atoms with Crippen LogP contribution in [0.2, 0.25) is 0 Å². The Kier molecular flexibility index (Phi) is 6.39. The van der Waals surface area contributed by atoms with Crippen molar-refractivity contribution in [2.24, 2.45) is 0 Å². The molecule has 2 nitrogen and oxygen atoms in total. The Balaban J connectivity index is 0.000000561. The van der Waals surface area contributed by atoms with Crippen LogP contribution in [-0.4, -0.2) is 25.8 Å². The van der Waals surface area contributed by atoms with Crippen molar-refractivity contribution in [1.82, 2.24) is 5.32 Å². The number of rotatable bonds is 3. The van der Waals surface area contributed by atoms with E-state index in [2.05, 4.69) is 12.2 Å². The van der Waals surface area contributed by atoms with Gasteiger partial charge in [0.2, 0.25) is 0 Å². The van der Waals surface area contributed by atoms with Gasteiger partial charge in [-0.3, -0.25) is 0 Å². The summed E-state index contributed by atoms with van der Waals surface area (Å²) in [6.45, 7) is 8.25. The fourth-order valence-electron chi connectivity index (χ4n) is 1.67. The monoisotopic (exact) mass is 173 g/mol. The minimum Gasteiger partial charge on any atom is -0.383 e. The van der Waals surface area contributed by atoms with E-state index in [1.165, 1.54) is 19.3 Å². The third kappa shape index (κ3) is 3.11. The van der Waals surface area contributed by atoms with Crippen molar-refractivity contribution in [2.75, 3.05) is 20.3 Å². The van der Waals surface area contributed by atoms with Crippen LogP contribution in [0.3, 0.4) is 0 Å². The highest BCUT2D eigenvalue weighted by atomic mass is 16.5. The Labute approximate surface area is 76.7 Å². The van der Waals surface area contributed by atoms with Gasteiger partial charge in [0.15, 0.2) is 0 Å². The Hall–Kier alpha value is -0.0800. The van der Waals surface area contributed by atoms with Gasteiger partial charge >= 0.3 is 0 Å². The van der Waals surface area contributed by atoms with E-state index in [9.17, 15) is 0 Å². The predicted octanol–water partition coefficient (Wildman–Crippen LogP) is 2.19. The van der Waals surface area contributed by atoms with E-state index in [1.54, 1.807) is 7.11 Å². The molecular formula is C10H23NO. The van der Waals surface area contributed by atoms with Gasteiger partial charge in [-0.1, -0.05) is 20.8 Å². The van der Waals surface area contributed by atoms with Gasteiger partial charge in [0.25, 0.3) is 0 Å². The molecule has 0 radical (unpaired) electrons. The summed E-state index contributed by atoms with van der Waals surface area (Å²) in [5.74, 6) is 0. The van der Waals surface area contributed by atoms with Crippen molar-refractivity contribution in [1.29, 1.82) is 0 Å². The van der Waals surface area contributed by atoms with Crippen LogP contribution in [0.15, 0.2) is 0 Å². The molecule has 0 aromatic carbocycles. The molecule has 1 rings (SSSR count). The van der Waals surface area contributed by atoms with Crippen molar-refractivity contribution in [2.45, 2.75) is 45.6 Å². The first-order valence-electron chi connectivity index (χ1n) is 5.07. The van der Waals surface area contributed by atoms with Gasteiger partial charge < -0.3 is 10.1 Å². The van der Waals surface area contributed by atoms with E-state index in [4.69, 9.17) is 4.74 Å². The van der Waals surface area contributed by atoms with Crippen molar-refractivity contribution in [3.8, 4) is 0 Å². The molecule has 0 bridgehead atoms. The molecule has 0 saturated carbocycles. The Morgan fingerprint density at radius 3 is 2.42 bits per heavy atom. The maximum absolute atomic E-state index is 5.16. The van der Waals surface area contributed by atoms with Crippen LogP contribution in [0.4, 0.5) is 0 Å². The van der Waals surface area contributed by atoms with Gasteiger partial charge in [0.1, 0.15) is 0 Å². The van der Waals surface area contributed by atoms with Gasteiger partial charge in [-0.05, 0) is 25.8 Å². The lowest BCUT2D eigenvalue weighted by atomic mass is 9.96. The molecule has 1 unspecified atom stereocenters. The zero-order chi connectivity index (χ0) is 9.45. The number of hydrogen-bond acceptors (Lipinski definition) is 2. The fraction of sp³-hybridized carbons (Fsp3) is 1.00. The summed E-state index contributed by atoms with van der Waals surface area (Å²) in [6, 6.07) is 0. The Bertz CT molecular complexity index is 98.0. The summed E-state index contributed by atoms with van der Waals surface area (Å²) >= 11 is 0. The van der Waals surface area contributed by atoms with E-state index in [0.29, 0.717) is 5.54 Å². The SMILES string of the molecule is CC.CCC1(COC)CCCN1. The third-order valence-corrected chi connectivity index (χ3v) is 2.43. The van der Waals surface area contributed by atoms with Crippen LogP contribution in [-0.2, 0) is 4.74 Å². The van der Waals surface area contributed by atoms with E-state index in [0.717, 1.165) is 13.2 Å². The molecule has 12 heavy (non-hydrogen) atoms. The molecule has 0 aromatic rings. The lowest BCUT2D eigenvalue weighted by Crippen LogP contribution is -2.43. The second-order valence-electron chi connectivity index (χ2n) is 3.10. The molecule has 1 atom stereocenters. The summed E-state index contributed by atoms with van der Waals surface area (Å²) in [5, 5.41) is 3.50. The summed E-state index contributed by atoms with van der Waals surface area (Å²) in [5.41, 5.74) is 0.314. The summed E-state index contributed by atoms with van der Waals surface area (Å²) in [4.78, 5) is 0. The van der Waals surface area contributed by atoms with Gasteiger partial charge in [0.05, 0.1) is 6.61 Å². The fourth-order valence-corrected chi connectivity index (χ4v) is 1.67. The number of nitrogens with one attached hydrogen (secondary N) is 1. The van der Waals surface area contributed by atoms with Gasteiger partial charge in [-0.15, -0.1) is 0 Å². The van der Waals surface area contributed by atoms with Crippen LogP contribution < -0.4 is 5.32 Å². The van der Waals surface area contributed by atoms with E-state index in [-0.39, 0.29) is 0 Å². The van der Waals surface area contributed by atoms with E-state index < -0.39 is 0 Å². The van der Waals surface area contributed by atoms with Crippen molar-refractivity contribution in [3.63, 3.8) is 0 Å². The summed E-state index contributed by atoms with van der Waals surface area (Å²) in [7, 11) is 1.78. The lowest BCUT2D eigenvalue weighted by Gasteiger charge is -2.26. The van der Waals surface area contributed by atoms with Crippen LogP contribution in [0.1, 0.15) is 40.0 Å². The standard InChI is InChI=1S/C8H17NO.C2H6/c1-3-8(7-10-2)5-4-6-9-8;1-2/h9H,3-7H2,1-2H3;1-2H3. The lowest BCUT2D eigenvalue weighted by molar-refractivity contribution is 0.118. The maximum Gasteiger partial charge on any atom is 0.0644 e. The van der Waals surface area contributed by atoms with Crippen LogP contribution in [0, 0.1) is 0 Å². The van der Waals surface area contributed by atoms with Crippen molar-refractivity contribution < 1.29 is 4.74 Å². The Morgan fingerprint density at radius 2 is 2.08 bits per heavy atom. The molecule has 0 aliphatic carbocycles. The molecule has 0 amide bonds. The van der Waals surface area contributed by atoms with Crippen LogP contribution in [0.25, 0.3) is 0 Å². The predicted molar refractivity (Wildman–Crippen MR) is 53.5 cm³/mol. The van der Waals surface area contributed by atoms with Gasteiger partial charge in [-0.2, -0.15) is 0 Å². The highest BCUT2D eigenvalue weighted by Gasteiger charge is 2.30. The zero-order valence-corrected chi connectivity index (χ0v) is 8.94. The average Bonchev–Trinajstić information content (AvgIpc) is 2.58. The highest BCUT2D eigenvalue weighted by Crippen LogP contribution is 2.22. The van der Waals surface area contributed by atoms with Crippen molar-refractivity contribution >= 4 is 0 Å². The first kappa shape index (κ1) is 11.9. The smallest absolute Gasteiger partial charge is 0.0644 e.